The Hall–Kier alpha value is -4.15. The zero-order valence-corrected chi connectivity index (χ0v) is 25.1. The predicted octanol–water partition coefficient (Wildman–Crippen LogP) is 9.43. The van der Waals surface area contributed by atoms with Crippen LogP contribution >= 0.6 is 26.4 Å². The maximum atomic E-state index is 15.0. The van der Waals surface area contributed by atoms with Gasteiger partial charge in [0.25, 0.3) is 5.69 Å². The second kappa shape index (κ2) is 12.8. The van der Waals surface area contributed by atoms with Crippen LogP contribution in [0, 0.1) is 10.1 Å². The van der Waals surface area contributed by atoms with Crippen LogP contribution in [0.3, 0.4) is 0 Å². The fourth-order valence-corrected chi connectivity index (χ4v) is 12.0. The minimum Gasteiger partial charge on any atom is -0.399 e. The number of hydrogen-bond acceptors (Lipinski definition) is 5. The van der Waals surface area contributed by atoms with Gasteiger partial charge in [-0.3, -0.25) is 10.1 Å². The summed E-state index contributed by atoms with van der Waals surface area (Å²) in [7, 11) is -7.62. The topological polar surface area (TPSA) is 91.0 Å². The molecule has 0 heterocycles. The van der Waals surface area contributed by atoms with Gasteiger partial charge in [-0.25, -0.2) is 4.57 Å². The van der Waals surface area contributed by atoms with Gasteiger partial charge >= 0.3 is 7.75 Å². The predicted molar refractivity (Wildman–Crippen MR) is 170 cm³/mol. The molecular formula is C32H27ClN2O5P2. The highest BCUT2D eigenvalue weighted by molar-refractivity contribution is 7.84. The zero-order valence-electron chi connectivity index (χ0n) is 22.6. The van der Waals surface area contributed by atoms with E-state index in [0.717, 1.165) is 10.6 Å². The molecule has 212 valence electrons. The minimum atomic E-state index is -4.37. The lowest BCUT2D eigenvalue weighted by Gasteiger charge is -2.33. The third kappa shape index (κ3) is 6.19. The van der Waals surface area contributed by atoms with Crippen molar-refractivity contribution in [1.82, 2.24) is 0 Å². The van der Waals surface area contributed by atoms with E-state index in [1.165, 1.54) is 6.07 Å². The van der Waals surface area contributed by atoms with E-state index in [4.69, 9.17) is 25.2 Å². The summed E-state index contributed by atoms with van der Waals surface area (Å²) < 4.78 is 32.4. The van der Waals surface area contributed by atoms with E-state index in [1.807, 2.05) is 79.7 Å². The monoisotopic (exact) mass is 616 g/mol. The van der Waals surface area contributed by atoms with E-state index in [2.05, 4.69) is 0 Å². The van der Waals surface area contributed by atoms with Crippen molar-refractivity contribution in [3.8, 4) is 11.5 Å². The van der Waals surface area contributed by atoms with Gasteiger partial charge < -0.3 is 9.05 Å². The Morgan fingerprint density at radius 3 is 1.55 bits per heavy atom. The molecule has 0 radical (unpaired) electrons. The van der Waals surface area contributed by atoms with Crippen LogP contribution < -0.4 is 19.7 Å². The van der Waals surface area contributed by atoms with Crippen LogP contribution in [0.2, 0.25) is 5.02 Å². The lowest BCUT2D eigenvalue weighted by Crippen LogP contribution is -2.21. The quantitative estimate of drug-likeness (QED) is 0.0885. The van der Waals surface area contributed by atoms with Crippen molar-refractivity contribution in [1.29, 1.82) is 0 Å². The summed E-state index contributed by atoms with van der Waals surface area (Å²) in [5.74, 6) is 0.613. The Bertz CT molecular complexity index is 1680. The normalized spacial score (nSPS) is 12.2. The molecule has 0 aliphatic carbocycles. The molecule has 0 aliphatic heterocycles. The molecule has 7 nitrogen and oxygen atoms in total. The average Bonchev–Trinajstić information content (AvgIpc) is 3.01. The van der Waals surface area contributed by atoms with Crippen LogP contribution in [-0.4, -0.2) is 4.92 Å². The molecule has 0 spiro atoms. The second-order valence-corrected chi connectivity index (χ2v) is 14.9. The minimum absolute atomic E-state index is 0.00725. The lowest BCUT2D eigenvalue weighted by atomic mass is 10.1. The summed E-state index contributed by atoms with van der Waals surface area (Å²) in [5.41, 5.74) is -0.516. The molecule has 1 atom stereocenters. The first-order valence-electron chi connectivity index (χ1n) is 13.1. The summed E-state index contributed by atoms with van der Waals surface area (Å²) in [6.45, 7) is 1.85. The van der Waals surface area contributed by atoms with Gasteiger partial charge in [-0.1, -0.05) is 128 Å². The van der Waals surface area contributed by atoms with Gasteiger partial charge in [0.1, 0.15) is 16.5 Å². The number of para-hydroxylation sites is 3. The number of nitrogens with zero attached hydrogens (tertiary/aromatic N) is 2. The van der Waals surface area contributed by atoms with Crippen molar-refractivity contribution in [2.24, 2.45) is 4.52 Å². The number of hydrogen-bond donors (Lipinski definition) is 0. The largest absolute Gasteiger partial charge is 0.562 e. The molecule has 0 aliphatic rings. The van der Waals surface area contributed by atoms with Crippen LogP contribution in [0.5, 0.6) is 11.5 Å². The van der Waals surface area contributed by atoms with E-state index >= 15 is 0 Å². The molecule has 10 heteroatoms. The van der Waals surface area contributed by atoms with Crippen LogP contribution in [0.1, 0.15) is 18.1 Å². The first-order chi connectivity index (χ1) is 20.3. The van der Waals surface area contributed by atoms with Crippen molar-refractivity contribution < 1.29 is 18.5 Å². The van der Waals surface area contributed by atoms with Crippen molar-refractivity contribution >= 4 is 42.7 Å². The molecule has 0 bridgehead atoms. The molecule has 0 aromatic heterocycles. The SMILES string of the molecule is CC(c1cccc(Cl)c1[N+](=O)[O-])P(=NP(=O)(Oc1ccccc1)Oc1ccccc1)(c1ccccc1)c1ccccc1. The standard InChI is InChI=1S/C32H27ClN2O5P2/c1-25(30-23-14-24-31(33)32(30)35(36)37)41(28-19-10-4-11-20-28,29-21-12-5-13-22-29)34-42(38,39-26-15-6-2-7-16-26)40-27-17-8-3-9-18-27/h2-25H,1H3. The Kier molecular flexibility index (Phi) is 8.94. The number of nitro groups is 1. The van der Waals surface area contributed by atoms with Crippen LogP contribution in [0.25, 0.3) is 0 Å². The van der Waals surface area contributed by atoms with E-state index in [9.17, 15) is 14.7 Å². The molecule has 0 saturated carbocycles. The highest BCUT2D eigenvalue weighted by Crippen LogP contribution is 2.68. The molecule has 5 rings (SSSR count). The average molecular weight is 617 g/mol. The number of halogens is 1. The van der Waals surface area contributed by atoms with Crippen molar-refractivity contribution in [2.45, 2.75) is 12.6 Å². The van der Waals surface area contributed by atoms with Crippen molar-refractivity contribution in [3.63, 3.8) is 0 Å². The molecule has 0 fully saturated rings. The summed E-state index contributed by atoms with van der Waals surface area (Å²) in [4.78, 5) is 11.8. The molecule has 1 unspecified atom stereocenters. The number of benzene rings is 5. The van der Waals surface area contributed by atoms with E-state index in [0.29, 0.717) is 17.1 Å². The third-order valence-corrected chi connectivity index (χ3v) is 13.5. The van der Waals surface area contributed by atoms with E-state index < -0.39 is 25.4 Å². The fourth-order valence-electron chi connectivity index (χ4n) is 4.81. The highest BCUT2D eigenvalue weighted by Gasteiger charge is 2.42. The second-order valence-electron chi connectivity index (χ2n) is 9.33. The van der Waals surface area contributed by atoms with Gasteiger partial charge in [-0.05, 0) is 40.9 Å². The Morgan fingerprint density at radius 2 is 1.12 bits per heavy atom. The first kappa shape index (κ1) is 29.3. The first-order valence-corrected chi connectivity index (χ1v) is 16.8. The van der Waals surface area contributed by atoms with Crippen molar-refractivity contribution in [2.75, 3.05) is 0 Å². The Balaban J connectivity index is 1.88. The fraction of sp³-hybridized carbons (Fsp3) is 0.0625. The maximum absolute atomic E-state index is 15.0. The van der Waals surface area contributed by atoms with Gasteiger partial charge in [0.05, 0.1) is 4.92 Å². The molecular weight excluding hydrogens is 590 g/mol. The third-order valence-electron chi connectivity index (χ3n) is 6.69. The summed E-state index contributed by atoms with van der Waals surface area (Å²) in [6.07, 6.45) is 0. The number of rotatable bonds is 10. The molecule has 5 aromatic rings. The molecule has 0 saturated heterocycles. The maximum Gasteiger partial charge on any atom is 0.562 e. The van der Waals surface area contributed by atoms with Gasteiger partial charge in [0, 0.05) is 18.3 Å². The van der Waals surface area contributed by atoms with Gasteiger partial charge in [0.2, 0.25) is 0 Å². The smallest absolute Gasteiger partial charge is 0.399 e. The van der Waals surface area contributed by atoms with Gasteiger partial charge in [-0.2, -0.15) is 4.52 Å². The summed E-state index contributed by atoms with van der Waals surface area (Å²) in [6, 6.07) is 41.0. The van der Waals surface area contributed by atoms with Crippen LogP contribution in [0.15, 0.2) is 144 Å². The van der Waals surface area contributed by atoms with Crippen LogP contribution in [0.4, 0.5) is 5.69 Å². The van der Waals surface area contributed by atoms with E-state index in [-0.39, 0.29) is 10.7 Å². The molecule has 0 N–H and O–H groups in total. The zero-order chi connectivity index (χ0) is 29.6. The van der Waals surface area contributed by atoms with Crippen molar-refractivity contribution in [3.05, 3.63) is 160 Å². The van der Waals surface area contributed by atoms with Gasteiger partial charge in [0.15, 0.2) is 0 Å². The highest BCUT2D eigenvalue weighted by atomic mass is 35.5. The molecule has 42 heavy (non-hydrogen) atoms. The Labute approximate surface area is 249 Å². The van der Waals surface area contributed by atoms with Gasteiger partial charge in [-0.15, -0.1) is 0 Å². The summed E-state index contributed by atoms with van der Waals surface area (Å²) in [5, 5.41) is 13.8. The molecule has 5 aromatic carbocycles. The Morgan fingerprint density at radius 1 is 0.690 bits per heavy atom. The lowest BCUT2D eigenvalue weighted by molar-refractivity contribution is -0.385. The number of nitro benzene ring substituents is 1. The van der Waals surface area contributed by atoms with Crippen LogP contribution in [-0.2, 0) is 4.57 Å². The van der Waals surface area contributed by atoms with E-state index in [1.54, 1.807) is 60.7 Å². The molecule has 0 amide bonds. The summed E-state index contributed by atoms with van der Waals surface area (Å²) >= 11 is 6.39.